The molecule has 1 atom stereocenters. The Kier molecular flexibility index (Phi) is 5.09. The summed E-state index contributed by atoms with van der Waals surface area (Å²) < 4.78 is 0. The van der Waals surface area contributed by atoms with Gasteiger partial charge in [0.25, 0.3) is 0 Å². The summed E-state index contributed by atoms with van der Waals surface area (Å²) in [5.74, 6) is -0.670. The molecule has 0 aliphatic heterocycles. The lowest BCUT2D eigenvalue weighted by atomic mass is 10.1. The molecule has 0 aliphatic carbocycles. The van der Waals surface area contributed by atoms with Crippen molar-refractivity contribution in [1.29, 1.82) is 0 Å². The molecule has 5 heteroatoms. The first-order valence-electron chi connectivity index (χ1n) is 6.90. The summed E-state index contributed by atoms with van der Waals surface area (Å²) in [7, 11) is 2.07. The normalized spacial score (nSPS) is 12.6. The average Bonchev–Trinajstić information content (AvgIpc) is 2.82. The van der Waals surface area contributed by atoms with Crippen LogP contribution in [0.4, 0.5) is 0 Å². The van der Waals surface area contributed by atoms with Crippen LogP contribution in [0.25, 0.3) is 0 Å². The van der Waals surface area contributed by atoms with Gasteiger partial charge in [-0.1, -0.05) is 37.3 Å². The summed E-state index contributed by atoms with van der Waals surface area (Å²) in [6, 6.07) is 10.3. The van der Waals surface area contributed by atoms with Crippen molar-refractivity contribution in [2.75, 3.05) is 13.6 Å². The summed E-state index contributed by atoms with van der Waals surface area (Å²) >= 11 is 1.29. The van der Waals surface area contributed by atoms with E-state index in [0.29, 0.717) is 10.6 Å². The Morgan fingerprint density at radius 1 is 1.38 bits per heavy atom. The number of hydrogen-bond donors (Lipinski definition) is 1. The van der Waals surface area contributed by atoms with E-state index in [1.807, 2.05) is 18.2 Å². The van der Waals surface area contributed by atoms with Crippen molar-refractivity contribution < 1.29 is 9.90 Å². The molecular weight excluding hydrogens is 284 g/mol. The number of nitrogens with zero attached hydrogens (tertiary/aromatic N) is 2. The molecule has 1 heterocycles. The minimum atomic E-state index is -0.888. The molecule has 0 fully saturated rings. The molecule has 1 N–H and O–H groups in total. The zero-order valence-electron chi connectivity index (χ0n) is 12.5. The third-order valence-electron chi connectivity index (χ3n) is 3.31. The number of benzene rings is 1. The molecule has 1 aromatic carbocycles. The molecular formula is C16H20N2O2S. The van der Waals surface area contributed by atoms with Gasteiger partial charge in [-0.15, -0.1) is 11.3 Å². The van der Waals surface area contributed by atoms with Crippen LogP contribution in [0.3, 0.4) is 0 Å². The summed E-state index contributed by atoms with van der Waals surface area (Å²) in [6.07, 6.45) is 0. The minimum absolute atomic E-state index is 0.218. The zero-order chi connectivity index (χ0) is 15.4. The first-order valence-corrected chi connectivity index (χ1v) is 7.72. The lowest BCUT2D eigenvalue weighted by Crippen LogP contribution is -2.23. The Morgan fingerprint density at radius 2 is 2.05 bits per heavy atom. The van der Waals surface area contributed by atoms with Gasteiger partial charge >= 0.3 is 5.97 Å². The second kappa shape index (κ2) is 6.83. The molecule has 0 aliphatic rings. The number of hydrogen-bond acceptors (Lipinski definition) is 4. The maximum Gasteiger partial charge on any atom is 0.347 e. The molecule has 0 radical (unpaired) electrons. The van der Waals surface area contributed by atoms with Crippen molar-refractivity contribution in [2.24, 2.45) is 0 Å². The van der Waals surface area contributed by atoms with Crippen LogP contribution in [-0.4, -0.2) is 34.6 Å². The Bertz CT molecular complexity index is 610. The van der Waals surface area contributed by atoms with Crippen LogP contribution in [-0.2, 0) is 6.54 Å². The van der Waals surface area contributed by atoms with Gasteiger partial charge in [0.05, 0.1) is 10.7 Å². The lowest BCUT2D eigenvalue weighted by molar-refractivity contribution is 0.0701. The standard InChI is InChI=1S/C16H20N2O2S/c1-11(15-17-12(2)14(21-15)16(19)20)9-18(3)10-13-7-5-4-6-8-13/h4-8,11H,9-10H2,1-3H3,(H,19,20). The predicted molar refractivity (Wildman–Crippen MR) is 85.0 cm³/mol. The van der Waals surface area contributed by atoms with Crippen molar-refractivity contribution in [2.45, 2.75) is 26.3 Å². The third-order valence-corrected chi connectivity index (χ3v) is 4.69. The van der Waals surface area contributed by atoms with Crippen LogP contribution in [0.5, 0.6) is 0 Å². The van der Waals surface area contributed by atoms with Crippen LogP contribution in [0, 0.1) is 6.92 Å². The maximum absolute atomic E-state index is 11.1. The zero-order valence-corrected chi connectivity index (χ0v) is 13.4. The highest BCUT2D eigenvalue weighted by Crippen LogP contribution is 2.25. The van der Waals surface area contributed by atoms with Crippen molar-refractivity contribution >= 4 is 17.3 Å². The van der Waals surface area contributed by atoms with Crippen molar-refractivity contribution in [3.05, 3.63) is 51.5 Å². The van der Waals surface area contributed by atoms with E-state index in [1.54, 1.807) is 6.92 Å². The first kappa shape index (κ1) is 15.7. The third kappa shape index (κ3) is 4.12. The fraction of sp³-hybridized carbons (Fsp3) is 0.375. The molecule has 0 bridgehead atoms. The van der Waals surface area contributed by atoms with E-state index in [2.05, 4.69) is 36.0 Å². The molecule has 0 amide bonds. The fourth-order valence-corrected chi connectivity index (χ4v) is 3.28. The number of aromatic nitrogens is 1. The van der Waals surface area contributed by atoms with E-state index in [1.165, 1.54) is 16.9 Å². The molecule has 21 heavy (non-hydrogen) atoms. The second-order valence-electron chi connectivity index (χ2n) is 5.36. The highest BCUT2D eigenvalue weighted by molar-refractivity contribution is 7.13. The number of aryl methyl sites for hydroxylation is 1. The van der Waals surface area contributed by atoms with E-state index in [0.717, 1.165) is 18.1 Å². The number of carbonyl (C=O) groups is 1. The van der Waals surface area contributed by atoms with Crippen molar-refractivity contribution in [3.63, 3.8) is 0 Å². The average molecular weight is 304 g/mol. The van der Waals surface area contributed by atoms with Gasteiger partial charge in [-0.2, -0.15) is 0 Å². The van der Waals surface area contributed by atoms with E-state index in [9.17, 15) is 4.79 Å². The molecule has 0 saturated carbocycles. The van der Waals surface area contributed by atoms with Crippen LogP contribution < -0.4 is 0 Å². The Hall–Kier alpha value is -1.72. The monoisotopic (exact) mass is 304 g/mol. The second-order valence-corrected chi connectivity index (χ2v) is 6.39. The van der Waals surface area contributed by atoms with Gasteiger partial charge < -0.3 is 10.0 Å². The largest absolute Gasteiger partial charge is 0.477 e. The molecule has 1 aromatic heterocycles. The quantitative estimate of drug-likeness (QED) is 0.889. The van der Waals surface area contributed by atoms with E-state index in [-0.39, 0.29) is 5.92 Å². The SMILES string of the molecule is Cc1nc(C(C)CN(C)Cc2ccccc2)sc1C(=O)O. The number of carboxylic acids is 1. The van der Waals surface area contributed by atoms with Crippen LogP contribution in [0.1, 0.15) is 38.8 Å². The molecule has 112 valence electrons. The summed E-state index contributed by atoms with van der Waals surface area (Å²) in [5, 5.41) is 9.99. The van der Waals surface area contributed by atoms with Gasteiger partial charge in [-0.3, -0.25) is 0 Å². The lowest BCUT2D eigenvalue weighted by Gasteiger charge is -2.20. The van der Waals surface area contributed by atoms with E-state index < -0.39 is 5.97 Å². The van der Waals surface area contributed by atoms with E-state index in [4.69, 9.17) is 5.11 Å². The molecule has 0 saturated heterocycles. The number of carboxylic acid groups (broad SMARTS) is 1. The number of likely N-dealkylation sites (N-methyl/N-ethyl adjacent to an activating group) is 1. The first-order chi connectivity index (χ1) is 9.97. The van der Waals surface area contributed by atoms with Crippen molar-refractivity contribution in [1.82, 2.24) is 9.88 Å². The van der Waals surface area contributed by atoms with Crippen molar-refractivity contribution in [3.8, 4) is 0 Å². The summed E-state index contributed by atoms with van der Waals surface area (Å²) in [5.41, 5.74) is 1.88. The summed E-state index contributed by atoms with van der Waals surface area (Å²) in [4.78, 5) is 18.1. The van der Waals surface area contributed by atoms with Gasteiger partial charge in [-0.05, 0) is 19.5 Å². The van der Waals surface area contributed by atoms with Gasteiger partial charge in [0, 0.05) is 19.0 Å². The van der Waals surface area contributed by atoms with Crippen LogP contribution in [0.2, 0.25) is 0 Å². The Morgan fingerprint density at radius 3 is 2.62 bits per heavy atom. The van der Waals surface area contributed by atoms with Gasteiger partial charge in [-0.25, -0.2) is 9.78 Å². The molecule has 2 rings (SSSR count). The molecule has 2 aromatic rings. The number of thiazole rings is 1. The maximum atomic E-state index is 11.1. The smallest absolute Gasteiger partial charge is 0.347 e. The predicted octanol–water partition coefficient (Wildman–Crippen LogP) is 3.39. The van der Waals surface area contributed by atoms with Crippen LogP contribution in [0.15, 0.2) is 30.3 Å². The van der Waals surface area contributed by atoms with Gasteiger partial charge in [0.2, 0.25) is 0 Å². The Balaban J connectivity index is 1.99. The Labute approximate surface area is 129 Å². The molecule has 4 nitrogen and oxygen atoms in total. The van der Waals surface area contributed by atoms with Crippen LogP contribution >= 0.6 is 11.3 Å². The van der Waals surface area contributed by atoms with Gasteiger partial charge in [0.1, 0.15) is 4.88 Å². The number of rotatable bonds is 6. The molecule has 1 unspecified atom stereocenters. The van der Waals surface area contributed by atoms with Gasteiger partial charge in [0.15, 0.2) is 0 Å². The topological polar surface area (TPSA) is 53.4 Å². The minimum Gasteiger partial charge on any atom is -0.477 e. The van der Waals surface area contributed by atoms with E-state index >= 15 is 0 Å². The molecule has 0 spiro atoms. The highest BCUT2D eigenvalue weighted by Gasteiger charge is 2.18. The highest BCUT2D eigenvalue weighted by atomic mass is 32.1. The fourth-order valence-electron chi connectivity index (χ4n) is 2.33. The summed E-state index contributed by atoms with van der Waals surface area (Å²) in [6.45, 7) is 5.57. The number of aromatic carboxylic acids is 1.